The van der Waals surface area contributed by atoms with Crippen LogP contribution in [0.5, 0.6) is 17.2 Å². The monoisotopic (exact) mass is 529 g/mol. The van der Waals surface area contributed by atoms with Gasteiger partial charge in [-0.1, -0.05) is 4.89 Å². The van der Waals surface area contributed by atoms with E-state index in [1.165, 1.54) is 0 Å². The first-order valence-electron chi connectivity index (χ1n) is 8.15. The summed E-state index contributed by atoms with van der Waals surface area (Å²) < 4.78 is 140. The van der Waals surface area contributed by atoms with E-state index < -0.39 is 58.9 Å². The molecule has 0 heterocycles. The quantitative estimate of drug-likeness (QED) is 0.325. The second-order valence-electron chi connectivity index (χ2n) is 5.59. The molecular formula is C16H11F8NO6S2. The van der Waals surface area contributed by atoms with E-state index in [2.05, 4.69) is 13.8 Å². The molecule has 0 aromatic heterocycles. The molecule has 33 heavy (non-hydrogen) atoms. The van der Waals surface area contributed by atoms with Crippen LogP contribution in [0.2, 0.25) is 0 Å². The lowest BCUT2D eigenvalue weighted by molar-refractivity contribution is -0.253. The molecule has 0 fully saturated rings. The largest absolute Gasteiger partial charge is 0.461 e. The number of rotatable bonds is 12. The smallest absolute Gasteiger partial charge is 0.428 e. The summed E-state index contributed by atoms with van der Waals surface area (Å²) in [6.45, 7) is 0. The minimum atomic E-state index is -4.74. The molecule has 0 spiro atoms. The van der Waals surface area contributed by atoms with Crippen LogP contribution in [0.15, 0.2) is 53.4 Å². The van der Waals surface area contributed by atoms with Crippen molar-refractivity contribution in [3.05, 3.63) is 48.5 Å². The van der Waals surface area contributed by atoms with Crippen molar-refractivity contribution in [1.29, 1.82) is 0 Å². The third-order valence-electron chi connectivity index (χ3n) is 3.21. The number of benzene rings is 2. The van der Waals surface area contributed by atoms with E-state index in [0.29, 0.717) is 0 Å². The third-order valence-corrected chi connectivity index (χ3v) is 4.77. The molecule has 2 atom stereocenters. The van der Waals surface area contributed by atoms with Crippen molar-refractivity contribution < 1.29 is 61.5 Å². The highest BCUT2D eigenvalue weighted by Gasteiger charge is 2.44. The predicted octanol–water partition coefficient (Wildman–Crippen LogP) is 4.36. The molecule has 0 radical (unpaired) electrons. The van der Waals surface area contributed by atoms with Gasteiger partial charge in [0.2, 0.25) is 11.1 Å². The third kappa shape index (κ3) is 8.09. The van der Waals surface area contributed by atoms with Gasteiger partial charge in [-0.15, -0.1) is 0 Å². The van der Waals surface area contributed by atoms with E-state index in [1.54, 1.807) is 4.89 Å². The molecule has 0 saturated heterocycles. The van der Waals surface area contributed by atoms with Crippen LogP contribution in [0.4, 0.5) is 35.1 Å². The number of hydrogen-bond donors (Lipinski definition) is 1. The second-order valence-corrected chi connectivity index (χ2v) is 7.50. The van der Waals surface area contributed by atoms with Gasteiger partial charge >= 0.3 is 36.3 Å². The van der Waals surface area contributed by atoms with Crippen molar-refractivity contribution in [2.45, 2.75) is 30.0 Å². The lowest BCUT2D eigenvalue weighted by atomic mass is 10.3. The molecule has 0 amide bonds. The van der Waals surface area contributed by atoms with Crippen molar-refractivity contribution in [2.75, 3.05) is 0 Å². The van der Waals surface area contributed by atoms with Crippen molar-refractivity contribution in [3.8, 4) is 17.2 Å². The molecule has 2 aromatic rings. The Kier molecular flexibility index (Phi) is 8.98. The van der Waals surface area contributed by atoms with Crippen LogP contribution in [0.1, 0.15) is 0 Å². The molecule has 0 aliphatic carbocycles. The van der Waals surface area contributed by atoms with E-state index >= 15 is 0 Å². The van der Waals surface area contributed by atoms with Gasteiger partial charge in [-0.2, -0.15) is 43.6 Å². The molecule has 17 heteroatoms. The van der Waals surface area contributed by atoms with E-state index in [1.807, 2.05) is 0 Å². The van der Waals surface area contributed by atoms with Gasteiger partial charge in [0.05, 0.1) is 4.90 Å². The normalized spacial score (nSPS) is 14.2. The number of hydrogen-bond acceptors (Lipinski definition) is 6. The fraction of sp³-hybridized carbons (Fsp3) is 0.250. The molecule has 2 aromatic carbocycles. The van der Waals surface area contributed by atoms with Gasteiger partial charge in [-0.05, 0) is 48.5 Å². The minimum absolute atomic E-state index is 0.173. The van der Waals surface area contributed by atoms with E-state index in [4.69, 9.17) is 4.18 Å². The molecule has 0 aliphatic rings. The van der Waals surface area contributed by atoms with Crippen molar-refractivity contribution in [3.63, 3.8) is 0 Å². The molecule has 2 rings (SSSR count). The average Bonchev–Trinajstić information content (AvgIpc) is 2.73. The van der Waals surface area contributed by atoms with Crippen LogP contribution in [0.3, 0.4) is 0 Å². The van der Waals surface area contributed by atoms with E-state index in [0.717, 1.165) is 48.5 Å². The Balaban J connectivity index is 1.85. The Hall–Kier alpha value is -2.50. The van der Waals surface area contributed by atoms with Crippen molar-refractivity contribution >= 4 is 22.3 Å². The van der Waals surface area contributed by atoms with Crippen LogP contribution < -0.4 is 18.5 Å². The van der Waals surface area contributed by atoms with Gasteiger partial charge in [-0.25, -0.2) is 4.21 Å². The average molecular weight is 529 g/mol. The van der Waals surface area contributed by atoms with Crippen molar-refractivity contribution in [2.24, 2.45) is 0 Å². The van der Waals surface area contributed by atoms with Crippen LogP contribution in [-0.4, -0.2) is 33.5 Å². The topological polar surface area (TPSA) is 83.1 Å². The minimum Gasteiger partial charge on any atom is -0.428 e. The Bertz CT molecular complexity index is 962. The summed E-state index contributed by atoms with van der Waals surface area (Å²) in [6, 6.07) is 7.02. The van der Waals surface area contributed by atoms with Gasteiger partial charge in [0.1, 0.15) is 17.2 Å². The summed E-state index contributed by atoms with van der Waals surface area (Å²) in [5.74, 6) is -1.51. The van der Waals surface area contributed by atoms with Gasteiger partial charge < -0.3 is 13.7 Å². The van der Waals surface area contributed by atoms with Gasteiger partial charge in [0, 0.05) is 0 Å². The summed E-state index contributed by atoms with van der Waals surface area (Å²) >= 11 is -4.87. The molecule has 0 bridgehead atoms. The molecule has 1 N–H and O–H groups in total. The Morgan fingerprint density at radius 3 is 1.52 bits per heavy atom. The molecular weight excluding hydrogens is 518 g/mol. The Morgan fingerprint density at radius 2 is 1.09 bits per heavy atom. The fourth-order valence-electron chi connectivity index (χ4n) is 1.80. The maximum absolute atomic E-state index is 12.8. The molecule has 0 saturated carbocycles. The summed E-state index contributed by atoms with van der Waals surface area (Å²) in [7, 11) is 0. The van der Waals surface area contributed by atoms with Gasteiger partial charge in [-0.3, -0.25) is 0 Å². The zero-order valence-corrected chi connectivity index (χ0v) is 17.2. The van der Waals surface area contributed by atoms with Crippen LogP contribution >= 0.6 is 0 Å². The summed E-state index contributed by atoms with van der Waals surface area (Å²) in [6.07, 6.45) is -17.6. The highest BCUT2D eigenvalue weighted by atomic mass is 32.2. The van der Waals surface area contributed by atoms with E-state index in [9.17, 15) is 43.5 Å². The van der Waals surface area contributed by atoms with E-state index in [-0.39, 0.29) is 10.6 Å². The number of nitrogens with one attached hydrogen (secondary N) is 1. The second kappa shape index (κ2) is 11.1. The maximum atomic E-state index is 12.8. The molecule has 7 nitrogen and oxygen atoms in total. The first-order chi connectivity index (χ1) is 15.3. The summed E-state index contributed by atoms with van der Waals surface area (Å²) in [5, 5.41) is 0. The first kappa shape index (κ1) is 26.7. The van der Waals surface area contributed by atoms with Gasteiger partial charge in [0.25, 0.3) is 0 Å². The van der Waals surface area contributed by atoms with Gasteiger partial charge in [0.15, 0.2) is 0 Å². The zero-order valence-electron chi connectivity index (χ0n) is 15.6. The summed E-state index contributed by atoms with van der Waals surface area (Å²) in [5.41, 5.74) is 0. The lowest BCUT2D eigenvalue weighted by Crippen LogP contribution is -2.33. The zero-order chi connectivity index (χ0) is 24.8. The lowest BCUT2D eigenvalue weighted by Gasteiger charge is -2.16. The highest BCUT2D eigenvalue weighted by Crippen LogP contribution is 2.29. The van der Waals surface area contributed by atoms with Crippen LogP contribution in [0, 0.1) is 0 Å². The predicted molar refractivity (Wildman–Crippen MR) is 95.4 cm³/mol. The number of ether oxygens (including phenoxy) is 2. The Labute approximate surface area is 185 Å². The summed E-state index contributed by atoms with van der Waals surface area (Å²) in [4.78, 5) is 1.54. The number of halogens is 8. The first-order valence-corrected chi connectivity index (χ1v) is 10.3. The molecule has 184 valence electrons. The Morgan fingerprint density at radius 1 is 0.697 bits per heavy atom. The van der Waals surface area contributed by atoms with Crippen LogP contribution in [-0.2, 0) is 26.6 Å². The highest BCUT2D eigenvalue weighted by molar-refractivity contribution is 7.82. The molecule has 2 unspecified atom stereocenters. The SMILES string of the molecule is O=S(NOS(=O)c1ccc(OC(F)(F)C(F)F)cc1)Oc1ccc(OC(F)(F)C(F)F)cc1. The maximum Gasteiger partial charge on any atom is 0.461 e. The van der Waals surface area contributed by atoms with Crippen LogP contribution in [0.25, 0.3) is 0 Å². The molecule has 0 aliphatic heterocycles. The number of alkyl halides is 8. The standard InChI is InChI=1S/C16H11F8NO6S2/c17-13(18)15(21,22)28-9-1-3-11(4-2-9)30-33(27)25-31-32(26)12-7-5-10(6-8-12)29-16(23,24)14(19)20/h1-8,13-14,25H. The fourth-order valence-corrected chi connectivity index (χ4v) is 3.04. The van der Waals surface area contributed by atoms with Crippen molar-refractivity contribution in [1.82, 2.24) is 4.89 Å².